The Morgan fingerprint density at radius 3 is 2.43 bits per heavy atom. The first-order chi connectivity index (χ1) is 10.0. The summed E-state index contributed by atoms with van der Waals surface area (Å²) in [6.45, 7) is 7.76. The Morgan fingerprint density at radius 1 is 1.24 bits per heavy atom. The zero-order valence-corrected chi connectivity index (χ0v) is 14.3. The number of nitrogens with one attached hydrogen (secondary N) is 1. The maximum atomic E-state index is 13.0. The van der Waals surface area contributed by atoms with Crippen molar-refractivity contribution in [3.05, 3.63) is 0 Å². The highest BCUT2D eigenvalue weighted by molar-refractivity contribution is 5.82. The average molecular weight is 294 g/mol. The lowest BCUT2D eigenvalue weighted by atomic mass is 9.77. The number of hydrogen-bond donors (Lipinski definition) is 1. The first-order valence-electron chi connectivity index (χ1n) is 9.00. The molecule has 122 valence electrons. The normalized spacial score (nSPS) is 22.7. The van der Waals surface area contributed by atoms with Gasteiger partial charge >= 0.3 is 0 Å². The third-order valence-corrected chi connectivity index (χ3v) is 5.49. The third kappa shape index (κ3) is 4.45. The highest BCUT2D eigenvalue weighted by Crippen LogP contribution is 2.44. The molecule has 1 saturated heterocycles. The molecule has 1 saturated carbocycles. The summed E-state index contributed by atoms with van der Waals surface area (Å²) in [5.41, 5.74) is -0.0307. The molecule has 1 N–H and O–H groups in total. The van der Waals surface area contributed by atoms with Gasteiger partial charge in [-0.1, -0.05) is 26.7 Å². The first kappa shape index (κ1) is 16.8. The van der Waals surface area contributed by atoms with E-state index >= 15 is 0 Å². The third-order valence-electron chi connectivity index (χ3n) is 5.49. The Labute approximate surface area is 130 Å². The zero-order chi connectivity index (χ0) is 15.3. The van der Waals surface area contributed by atoms with Crippen molar-refractivity contribution in [1.29, 1.82) is 0 Å². The van der Waals surface area contributed by atoms with Gasteiger partial charge in [-0.05, 0) is 63.5 Å². The van der Waals surface area contributed by atoms with Crippen molar-refractivity contribution in [2.75, 3.05) is 26.7 Å². The van der Waals surface area contributed by atoms with Gasteiger partial charge in [0.2, 0.25) is 5.91 Å². The van der Waals surface area contributed by atoms with E-state index in [-0.39, 0.29) is 5.41 Å². The van der Waals surface area contributed by atoms with Gasteiger partial charge in [0.15, 0.2) is 0 Å². The molecule has 0 aromatic heterocycles. The van der Waals surface area contributed by atoms with Crippen LogP contribution in [0, 0.1) is 17.3 Å². The van der Waals surface area contributed by atoms with Crippen LogP contribution >= 0.6 is 0 Å². The Bertz CT molecular complexity index is 328. The van der Waals surface area contributed by atoms with Crippen LogP contribution in [0.5, 0.6) is 0 Å². The van der Waals surface area contributed by atoms with Crippen LogP contribution in [0.2, 0.25) is 0 Å². The van der Waals surface area contributed by atoms with Crippen molar-refractivity contribution in [2.45, 2.75) is 65.2 Å². The second-order valence-corrected chi connectivity index (χ2v) is 7.79. The zero-order valence-electron chi connectivity index (χ0n) is 14.3. The van der Waals surface area contributed by atoms with Crippen LogP contribution in [0.25, 0.3) is 0 Å². The van der Waals surface area contributed by atoms with Gasteiger partial charge in [0, 0.05) is 19.0 Å². The summed E-state index contributed by atoms with van der Waals surface area (Å²) < 4.78 is 0. The molecular weight excluding hydrogens is 260 g/mol. The number of carbonyl (C=O) groups excluding carboxylic acids is 1. The minimum absolute atomic E-state index is 0.0307. The number of piperidine rings is 1. The highest BCUT2D eigenvalue weighted by Gasteiger charge is 2.42. The molecule has 1 aliphatic carbocycles. The minimum atomic E-state index is -0.0307. The van der Waals surface area contributed by atoms with Crippen LogP contribution in [0.1, 0.15) is 65.2 Å². The Hall–Kier alpha value is -0.570. The fourth-order valence-electron chi connectivity index (χ4n) is 4.39. The minimum Gasteiger partial charge on any atom is -0.345 e. The molecule has 0 spiro atoms. The molecule has 0 unspecified atom stereocenters. The van der Waals surface area contributed by atoms with Crippen LogP contribution in [-0.4, -0.2) is 37.5 Å². The molecule has 0 aromatic rings. The van der Waals surface area contributed by atoms with Crippen molar-refractivity contribution in [3.63, 3.8) is 0 Å². The lowest BCUT2D eigenvalue weighted by Gasteiger charge is -2.34. The lowest BCUT2D eigenvalue weighted by molar-refractivity contribution is -0.141. The Balaban J connectivity index is 1.87. The number of carbonyl (C=O) groups is 1. The standard InChI is InChI=1S/C18H34N2O/c1-15(2)14-18(9-4-5-10-18)17(21)20(3)13-8-16-6-11-19-12-7-16/h15-16,19H,4-14H2,1-3H3. The number of amides is 1. The van der Waals surface area contributed by atoms with Gasteiger partial charge in [-0.3, -0.25) is 4.79 Å². The molecule has 21 heavy (non-hydrogen) atoms. The van der Waals surface area contributed by atoms with Gasteiger partial charge in [-0.25, -0.2) is 0 Å². The molecule has 0 radical (unpaired) electrons. The lowest BCUT2D eigenvalue weighted by Crippen LogP contribution is -2.42. The van der Waals surface area contributed by atoms with E-state index in [1.807, 2.05) is 7.05 Å². The predicted molar refractivity (Wildman–Crippen MR) is 88.2 cm³/mol. The highest BCUT2D eigenvalue weighted by atomic mass is 16.2. The molecule has 3 nitrogen and oxygen atoms in total. The second-order valence-electron chi connectivity index (χ2n) is 7.79. The maximum absolute atomic E-state index is 13.0. The summed E-state index contributed by atoms with van der Waals surface area (Å²) in [4.78, 5) is 15.0. The van der Waals surface area contributed by atoms with E-state index in [0.29, 0.717) is 11.8 Å². The van der Waals surface area contributed by atoms with Crippen molar-refractivity contribution < 1.29 is 4.79 Å². The molecular formula is C18H34N2O. The van der Waals surface area contributed by atoms with Gasteiger partial charge in [0.1, 0.15) is 0 Å². The molecule has 2 rings (SSSR count). The maximum Gasteiger partial charge on any atom is 0.228 e. The van der Waals surface area contributed by atoms with E-state index in [2.05, 4.69) is 24.1 Å². The van der Waals surface area contributed by atoms with Gasteiger partial charge in [0.25, 0.3) is 0 Å². The first-order valence-corrected chi connectivity index (χ1v) is 9.00. The molecule has 1 aliphatic heterocycles. The van der Waals surface area contributed by atoms with Crippen molar-refractivity contribution in [1.82, 2.24) is 10.2 Å². The van der Waals surface area contributed by atoms with Crippen LogP contribution in [0.4, 0.5) is 0 Å². The van der Waals surface area contributed by atoms with Gasteiger partial charge in [-0.15, -0.1) is 0 Å². The van der Waals surface area contributed by atoms with E-state index in [1.54, 1.807) is 0 Å². The number of nitrogens with zero attached hydrogens (tertiary/aromatic N) is 1. The predicted octanol–water partition coefficient (Wildman–Crippen LogP) is 3.44. The van der Waals surface area contributed by atoms with Crippen LogP contribution in [0.3, 0.4) is 0 Å². The summed E-state index contributed by atoms with van der Waals surface area (Å²) in [5.74, 6) is 1.86. The largest absolute Gasteiger partial charge is 0.345 e. The topological polar surface area (TPSA) is 32.3 Å². The Morgan fingerprint density at radius 2 is 1.86 bits per heavy atom. The number of rotatable bonds is 6. The summed E-state index contributed by atoms with van der Waals surface area (Å²) in [6, 6.07) is 0. The second kappa shape index (κ2) is 7.62. The summed E-state index contributed by atoms with van der Waals surface area (Å²) >= 11 is 0. The fraction of sp³-hybridized carbons (Fsp3) is 0.944. The van der Waals surface area contributed by atoms with Gasteiger partial charge < -0.3 is 10.2 Å². The SMILES string of the molecule is CC(C)CC1(C(=O)N(C)CCC2CCNCC2)CCCC1. The fourth-order valence-corrected chi connectivity index (χ4v) is 4.39. The molecule has 3 heteroatoms. The van der Waals surface area contributed by atoms with Gasteiger partial charge in [-0.2, -0.15) is 0 Å². The van der Waals surface area contributed by atoms with Crippen molar-refractivity contribution >= 4 is 5.91 Å². The van der Waals surface area contributed by atoms with E-state index in [9.17, 15) is 4.79 Å². The van der Waals surface area contributed by atoms with Crippen molar-refractivity contribution in [3.8, 4) is 0 Å². The van der Waals surface area contributed by atoms with Crippen LogP contribution in [-0.2, 0) is 4.79 Å². The molecule has 0 atom stereocenters. The molecule has 0 bridgehead atoms. The van der Waals surface area contributed by atoms with Crippen LogP contribution in [0.15, 0.2) is 0 Å². The summed E-state index contributed by atoms with van der Waals surface area (Å²) in [6.07, 6.45) is 9.51. The molecule has 1 amide bonds. The van der Waals surface area contributed by atoms with E-state index in [4.69, 9.17) is 0 Å². The smallest absolute Gasteiger partial charge is 0.228 e. The summed E-state index contributed by atoms with van der Waals surface area (Å²) in [7, 11) is 2.03. The molecule has 2 fully saturated rings. The van der Waals surface area contributed by atoms with E-state index < -0.39 is 0 Å². The van der Waals surface area contributed by atoms with Crippen LogP contribution < -0.4 is 5.32 Å². The van der Waals surface area contributed by atoms with Crippen molar-refractivity contribution in [2.24, 2.45) is 17.3 Å². The summed E-state index contributed by atoms with van der Waals surface area (Å²) in [5, 5.41) is 3.42. The van der Waals surface area contributed by atoms with Gasteiger partial charge in [0.05, 0.1) is 0 Å². The van der Waals surface area contributed by atoms with E-state index in [0.717, 1.165) is 44.8 Å². The quantitative estimate of drug-likeness (QED) is 0.814. The van der Waals surface area contributed by atoms with E-state index in [1.165, 1.54) is 32.1 Å². The molecule has 2 aliphatic rings. The molecule has 1 heterocycles. The number of hydrogen-bond acceptors (Lipinski definition) is 2. The Kier molecular flexibility index (Phi) is 6.09. The average Bonchev–Trinajstić information content (AvgIpc) is 2.94. The molecule has 0 aromatic carbocycles. The monoisotopic (exact) mass is 294 g/mol.